The van der Waals surface area contributed by atoms with Gasteiger partial charge < -0.3 is 24.0 Å². The summed E-state index contributed by atoms with van der Waals surface area (Å²) in [5, 5.41) is 0. The van der Waals surface area contributed by atoms with Gasteiger partial charge in [-0.3, -0.25) is 4.79 Å². The van der Waals surface area contributed by atoms with Gasteiger partial charge in [0.2, 0.25) is 5.88 Å². The van der Waals surface area contributed by atoms with Crippen molar-refractivity contribution < 1.29 is 19.0 Å². The molecule has 0 radical (unpaired) electrons. The van der Waals surface area contributed by atoms with Crippen molar-refractivity contribution in [1.82, 2.24) is 14.9 Å². The second kappa shape index (κ2) is 9.55. The third-order valence-electron chi connectivity index (χ3n) is 5.46. The van der Waals surface area contributed by atoms with Crippen LogP contribution in [0.15, 0.2) is 60.9 Å². The number of hydrogen-bond donors (Lipinski definition) is 0. The molecule has 2 heterocycles. The molecule has 8 heteroatoms. The van der Waals surface area contributed by atoms with E-state index < -0.39 is 0 Å². The van der Waals surface area contributed by atoms with Crippen LogP contribution in [0.5, 0.6) is 23.1 Å². The molecule has 32 heavy (non-hydrogen) atoms. The van der Waals surface area contributed by atoms with E-state index >= 15 is 0 Å². The number of piperazine rings is 1. The number of ether oxygens (including phenoxy) is 3. The number of amides is 1. The molecule has 1 atom stereocenters. The Morgan fingerprint density at radius 3 is 2.44 bits per heavy atom. The van der Waals surface area contributed by atoms with Crippen LogP contribution in [-0.4, -0.2) is 60.7 Å². The third kappa shape index (κ3) is 4.59. The molecule has 0 spiro atoms. The first kappa shape index (κ1) is 21.4. The minimum Gasteiger partial charge on any atom is -0.497 e. The van der Waals surface area contributed by atoms with Crippen molar-refractivity contribution in [3.63, 3.8) is 0 Å². The maximum Gasteiger partial charge on any atom is 0.257 e. The lowest BCUT2D eigenvalue weighted by Crippen LogP contribution is -2.54. The summed E-state index contributed by atoms with van der Waals surface area (Å²) in [4.78, 5) is 25.8. The summed E-state index contributed by atoms with van der Waals surface area (Å²) in [6.45, 7) is 3.93. The zero-order valence-electron chi connectivity index (χ0n) is 18.4. The maximum atomic E-state index is 13.1. The molecule has 1 aromatic heterocycles. The van der Waals surface area contributed by atoms with Crippen LogP contribution in [0.4, 0.5) is 5.82 Å². The van der Waals surface area contributed by atoms with Crippen LogP contribution in [0, 0.1) is 0 Å². The van der Waals surface area contributed by atoms with Crippen molar-refractivity contribution in [2.45, 2.75) is 13.0 Å². The lowest BCUT2D eigenvalue weighted by atomic mass is 10.1. The van der Waals surface area contributed by atoms with Gasteiger partial charge >= 0.3 is 0 Å². The summed E-state index contributed by atoms with van der Waals surface area (Å²) in [5.74, 6) is 3.20. The number of nitrogens with zero attached hydrogens (tertiary/aromatic N) is 4. The Bertz CT molecular complexity index is 1070. The van der Waals surface area contributed by atoms with Crippen molar-refractivity contribution in [3.05, 3.63) is 66.5 Å². The van der Waals surface area contributed by atoms with Crippen molar-refractivity contribution in [1.29, 1.82) is 0 Å². The highest BCUT2D eigenvalue weighted by molar-refractivity contribution is 5.97. The van der Waals surface area contributed by atoms with Gasteiger partial charge in [-0.05, 0) is 43.3 Å². The molecule has 1 unspecified atom stereocenters. The Kier molecular flexibility index (Phi) is 6.39. The normalized spacial score (nSPS) is 15.9. The van der Waals surface area contributed by atoms with Gasteiger partial charge in [0.15, 0.2) is 0 Å². The van der Waals surface area contributed by atoms with E-state index in [4.69, 9.17) is 14.2 Å². The highest BCUT2D eigenvalue weighted by atomic mass is 16.5. The van der Waals surface area contributed by atoms with E-state index in [1.54, 1.807) is 26.4 Å². The number of carbonyl (C=O) groups is 1. The summed E-state index contributed by atoms with van der Waals surface area (Å²) in [6.07, 6.45) is 1.49. The molecule has 1 amide bonds. The lowest BCUT2D eigenvalue weighted by molar-refractivity contribution is 0.0670. The zero-order valence-corrected chi connectivity index (χ0v) is 18.4. The number of methoxy groups -OCH3 is 2. The summed E-state index contributed by atoms with van der Waals surface area (Å²) < 4.78 is 16.4. The number of aromatic nitrogens is 2. The quantitative estimate of drug-likeness (QED) is 0.586. The van der Waals surface area contributed by atoms with Crippen molar-refractivity contribution in [2.75, 3.05) is 38.8 Å². The molecule has 1 saturated heterocycles. The number of para-hydroxylation sites is 1. The molecule has 1 aliphatic heterocycles. The SMILES string of the molecule is COc1ccc(Oc2cc(N3CCN(C(=O)c4ccccc4OC)C(C)C3)ncn2)cc1. The predicted octanol–water partition coefficient (Wildman–Crippen LogP) is 3.64. The molecule has 0 bridgehead atoms. The molecule has 166 valence electrons. The summed E-state index contributed by atoms with van der Waals surface area (Å²) in [5.41, 5.74) is 0.576. The number of hydrogen-bond acceptors (Lipinski definition) is 7. The monoisotopic (exact) mass is 434 g/mol. The predicted molar refractivity (Wildman–Crippen MR) is 121 cm³/mol. The van der Waals surface area contributed by atoms with E-state index in [9.17, 15) is 4.79 Å². The van der Waals surface area contributed by atoms with Crippen molar-refractivity contribution in [3.8, 4) is 23.1 Å². The van der Waals surface area contributed by atoms with E-state index in [-0.39, 0.29) is 11.9 Å². The van der Waals surface area contributed by atoms with Crippen LogP contribution in [0.3, 0.4) is 0 Å². The molecule has 4 rings (SSSR count). The first-order valence-electron chi connectivity index (χ1n) is 10.4. The third-order valence-corrected chi connectivity index (χ3v) is 5.46. The van der Waals surface area contributed by atoms with E-state index in [1.807, 2.05) is 54.3 Å². The molecule has 1 aliphatic rings. The largest absolute Gasteiger partial charge is 0.497 e. The molecular formula is C24H26N4O4. The Hall–Kier alpha value is -3.81. The number of anilines is 1. The Labute approximate surface area is 187 Å². The van der Waals surface area contributed by atoms with Crippen LogP contribution in [0.1, 0.15) is 17.3 Å². The van der Waals surface area contributed by atoms with Gasteiger partial charge in [0, 0.05) is 31.7 Å². The lowest BCUT2D eigenvalue weighted by Gasteiger charge is -2.40. The first-order valence-corrected chi connectivity index (χ1v) is 10.4. The Morgan fingerprint density at radius 2 is 1.72 bits per heavy atom. The summed E-state index contributed by atoms with van der Waals surface area (Å²) in [7, 11) is 3.20. The molecule has 2 aromatic carbocycles. The van der Waals surface area contributed by atoms with Gasteiger partial charge in [-0.25, -0.2) is 9.97 Å². The van der Waals surface area contributed by atoms with E-state index in [0.29, 0.717) is 42.6 Å². The molecular weight excluding hydrogens is 408 g/mol. The molecule has 1 fully saturated rings. The average Bonchev–Trinajstić information content (AvgIpc) is 2.84. The van der Waals surface area contributed by atoms with E-state index in [2.05, 4.69) is 14.9 Å². The first-order chi connectivity index (χ1) is 15.6. The van der Waals surface area contributed by atoms with Gasteiger partial charge in [-0.15, -0.1) is 0 Å². The average molecular weight is 434 g/mol. The second-order valence-corrected chi connectivity index (χ2v) is 7.49. The fourth-order valence-corrected chi connectivity index (χ4v) is 3.77. The van der Waals surface area contributed by atoms with Crippen molar-refractivity contribution >= 4 is 11.7 Å². The minimum atomic E-state index is -0.0270. The molecule has 0 aliphatic carbocycles. The smallest absolute Gasteiger partial charge is 0.257 e. The van der Waals surface area contributed by atoms with Gasteiger partial charge in [-0.1, -0.05) is 12.1 Å². The summed E-state index contributed by atoms with van der Waals surface area (Å²) >= 11 is 0. The highest BCUT2D eigenvalue weighted by Crippen LogP contribution is 2.27. The number of carbonyl (C=O) groups excluding carboxylic acids is 1. The van der Waals surface area contributed by atoms with Crippen LogP contribution in [0.25, 0.3) is 0 Å². The number of benzene rings is 2. The van der Waals surface area contributed by atoms with Gasteiger partial charge in [0.05, 0.1) is 19.8 Å². The maximum absolute atomic E-state index is 13.1. The van der Waals surface area contributed by atoms with Crippen LogP contribution in [0.2, 0.25) is 0 Å². The van der Waals surface area contributed by atoms with Gasteiger partial charge in [0.1, 0.15) is 29.4 Å². The number of rotatable bonds is 6. The Morgan fingerprint density at radius 1 is 0.969 bits per heavy atom. The Balaban J connectivity index is 1.44. The van der Waals surface area contributed by atoms with Crippen LogP contribution < -0.4 is 19.1 Å². The highest BCUT2D eigenvalue weighted by Gasteiger charge is 2.30. The standard InChI is InChI=1S/C24H26N4O4/c1-17-15-27(12-13-28(17)24(29)20-6-4-5-7-21(20)31-3)22-14-23(26-16-25-22)32-19-10-8-18(30-2)9-11-19/h4-11,14,16-17H,12-13,15H2,1-3H3. The molecule has 8 nitrogen and oxygen atoms in total. The van der Waals surface area contributed by atoms with Crippen LogP contribution in [-0.2, 0) is 0 Å². The fraction of sp³-hybridized carbons (Fsp3) is 0.292. The van der Waals surface area contributed by atoms with E-state index in [1.165, 1.54) is 6.33 Å². The fourth-order valence-electron chi connectivity index (χ4n) is 3.77. The topological polar surface area (TPSA) is 77.0 Å². The van der Waals surface area contributed by atoms with Gasteiger partial charge in [-0.2, -0.15) is 0 Å². The van der Waals surface area contributed by atoms with Gasteiger partial charge in [0.25, 0.3) is 5.91 Å². The second-order valence-electron chi connectivity index (χ2n) is 7.49. The molecule has 0 saturated carbocycles. The minimum absolute atomic E-state index is 0.00193. The summed E-state index contributed by atoms with van der Waals surface area (Å²) in [6, 6.07) is 16.4. The molecule has 0 N–H and O–H groups in total. The van der Waals surface area contributed by atoms with Crippen LogP contribution >= 0.6 is 0 Å². The van der Waals surface area contributed by atoms with Crippen molar-refractivity contribution in [2.24, 2.45) is 0 Å². The zero-order chi connectivity index (χ0) is 22.5. The van der Waals surface area contributed by atoms with E-state index in [0.717, 1.165) is 11.6 Å². The molecule has 3 aromatic rings.